The van der Waals surface area contributed by atoms with Crippen LogP contribution in [0.15, 0.2) is 30.5 Å². The van der Waals surface area contributed by atoms with E-state index >= 15 is 0 Å². The molecule has 1 aliphatic heterocycles. The quantitative estimate of drug-likeness (QED) is 0.766. The molecular formula is C17H19N5OS. The van der Waals surface area contributed by atoms with Crippen LogP contribution in [-0.2, 0) is 4.79 Å². The average molecular weight is 341 g/mol. The number of fused-ring (bicyclic) bond motifs is 1. The van der Waals surface area contributed by atoms with Crippen molar-refractivity contribution in [2.45, 2.75) is 25.7 Å². The number of H-pyrrole nitrogens is 1. The molecule has 1 unspecified atom stereocenters. The van der Waals surface area contributed by atoms with Crippen LogP contribution in [0.3, 0.4) is 0 Å². The predicted molar refractivity (Wildman–Crippen MR) is 96.7 cm³/mol. The Morgan fingerprint density at radius 2 is 2.29 bits per heavy atom. The van der Waals surface area contributed by atoms with E-state index in [1.54, 1.807) is 17.5 Å². The summed E-state index contributed by atoms with van der Waals surface area (Å²) in [5, 5.41) is 11.1. The fraction of sp³-hybridized carbons (Fsp3) is 0.353. The number of nitrogens with one attached hydrogen (secondary N) is 2. The summed E-state index contributed by atoms with van der Waals surface area (Å²) in [7, 11) is 0. The standard InChI is InChI=1S/C17H19N5OS/c1-11(23)19-14-9-18-21-16(14)12-5-4-8-22(10-12)17-20-13-6-2-3-7-15(13)24-17/h2-3,6-7,9,12H,4-5,8,10H2,1H3,(H,18,21)(H,19,23). The number of benzene rings is 1. The largest absolute Gasteiger partial charge is 0.347 e. The van der Waals surface area contributed by atoms with Crippen molar-refractivity contribution in [3.63, 3.8) is 0 Å². The molecule has 2 N–H and O–H groups in total. The highest BCUT2D eigenvalue weighted by Crippen LogP contribution is 2.35. The van der Waals surface area contributed by atoms with Crippen molar-refractivity contribution in [1.82, 2.24) is 15.2 Å². The van der Waals surface area contributed by atoms with E-state index in [4.69, 9.17) is 4.98 Å². The molecule has 0 saturated carbocycles. The average Bonchev–Trinajstić information content (AvgIpc) is 3.21. The van der Waals surface area contributed by atoms with Gasteiger partial charge in [0.1, 0.15) is 0 Å². The van der Waals surface area contributed by atoms with Gasteiger partial charge in [-0.15, -0.1) is 0 Å². The number of thiazole rings is 1. The fourth-order valence-corrected chi connectivity index (χ4v) is 4.28. The lowest BCUT2D eigenvalue weighted by molar-refractivity contribution is -0.114. The normalized spacial score (nSPS) is 18.0. The zero-order valence-corrected chi connectivity index (χ0v) is 14.3. The van der Waals surface area contributed by atoms with E-state index in [1.807, 2.05) is 12.1 Å². The number of nitrogens with zero attached hydrogens (tertiary/aromatic N) is 3. The van der Waals surface area contributed by atoms with Crippen molar-refractivity contribution >= 4 is 38.3 Å². The maximum atomic E-state index is 11.4. The highest BCUT2D eigenvalue weighted by Gasteiger charge is 2.26. The summed E-state index contributed by atoms with van der Waals surface area (Å²) in [6.07, 6.45) is 3.86. The van der Waals surface area contributed by atoms with Gasteiger partial charge in [-0.2, -0.15) is 5.10 Å². The van der Waals surface area contributed by atoms with Crippen LogP contribution in [0, 0.1) is 0 Å². The Morgan fingerprint density at radius 1 is 1.42 bits per heavy atom. The minimum Gasteiger partial charge on any atom is -0.347 e. The number of hydrogen-bond acceptors (Lipinski definition) is 5. The van der Waals surface area contributed by atoms with Gasteiger partial charge in [-0.3, -0.25) is 9.89 Å². The Kier molecular flexibility index (Phi) is 3.93. The Bertz CT molecular complexity index is 838. The van der Waals surface area contributed by atoms with Gasteiger partial charge in [0.2, 0.25) is 5.91 Å². The maximum absolute atomic E-state index is 11.4. The van der Waals surface area contributed by atoms with E-state index in [0.717, 1.165) is 48.0 Å². The minimum atomic E-state index is -0.0727. The number of para-hydroxylation sites is 1. The molecule has 124 valence electrons. The number of amides is 1. The van der Waals surface area contributed by atoms with Crippen LogP contribution in [-0.4, -0.2) is 34.2 Å². The van der Waals surface area contributed by atoms with Crippen LogP contribution < -0.4 is 10.2 Å². The van der Waals surface area contributed by atoms with Gasteiger partial charge in [0.25, 0.3) is 0 Å². The summed E-state index contributed by atoms with van der Waals surface area (Å²) in [4.78, 5) is 18.5. The Labute approximate surface area is 143 Å². The highest BCUT2D eigenvalue weighted by atomic mass is 32.1. The van der Waals surface area contributed by atoms with Gasteiger partial charge >= 0.3 is 0 Å². The SMILES string of the molecule is CC(=O)Nc1cn[nH]c1C1CCCN(c2nc3ccccc3s2)C1. The molecule has 24 heavy (non-hydrogen) atoms. The minimum absolute atomic E-state index is 0.0727. The first-order chi connectivity index (χ1) is 11.7. The van der Waals surface area contributed by atoms with Crippen LogP contribution in [0.5, 0.6) is 0 Å². The zero-order chi connectivity index (χ0) is 16.5. The topological polar surface area (TPSA) is 73.9 Å². The molecule has 3 aromatic rings. The van der Waals surface area contributed by atoms with E-state index < -0.39 is 0 Å². The summed E-state index contributed by atoms with van der Waals surface area (Å²) < 4.78 is 1.22. The second-order valence-corrected chi connectivity index (χ2v) is 7.14. The number of carbonyl (C=O) groups excluding carboxylic acids is 1. The predicted octanol–water partition coefficient (Wildman–Crippen LogP) is 3.36. The van der Waals surface area contributed by atoms with Crippen molar-refractivity contribution in [2.75, 3.05) is 23.3 Å². The first-order valence-electron chi connectivity index (χ1n) is 8.12. The van der Waals surface area contributed by atoms with Crippen molar-refractivity contribution in [3.05, 3.63) is 36.2 Å². The molecule has 7 heteroatoms. The molecule has 4 rings (SSSR count). The van der Waals surface area contributed by atoms with Crippen LogP contribution in [0.25, 0.3) is 10.2 Å². The molecule has 1 amide bonds. The second-order valence-electron chi connectivity index (χ2n) is 6.13. The molecule has 1 aromatic carbocycles. The number of anilines is 2. The first kappa shape index (κ1) is 15.1. The number of rotatable bonds is 3. The molecular weight excluding hydrogens is 322 g/mol. The molecule has 1 fully saturated rings. The lowest BCUT2D eigenvalue weighted by atomic mass is 9.94. The molecule has 6 nitrogen and oxygen atoms in total. The monoisotopic (exact) mass is 341 g/mol. The zero-order valence-electron chi connectivity index (χ0n) is 13.5. The number of hydrogen-bond donors (Lipinski definition) is 2. The molecule has 0 aliphatic carbocycles. The van der Waals surface area contributed by atoms with E-state index in [0.29, 0.717) is 5.92 Å². The summed E-state index contributed by atoms with van der Waals surface area (Å²) >= 11 is 1.74. The van der Waals surface area contributed by atoms with Crippen molar-refractivity contribution in [2.24, 2.45) is 0 Å². The Hall–Kier alpha value is -2.41. The van der Waals surface area contributed by atoms with E-state index in [-0.39, 0.29) is 5.91 Å². The highest BCUT2D eigenvalue weighted by molar-refractivity contribution is 7.22. The van der Waals surface area contributed by atoms with Gasteiger partial charge in [0.15, 0.2) is 5.13 Å². The van der Waals surface area contributed by atoms with Crippen molar-refractivity contribution < 1.29 is 4.79 Å². The number of aromatic amines is 1. The fourth-order valence-electron chi connectivity index (χ4n) is 3.28. The van der Waals surface area contributed by atoms with Crippen LogP contribution in [0.1, 0.15) is 31.4 Å². The maximum Gasteiger partial charge on any atom is 0.221 e. The summed E-state index contributed by atoms with van der Waals surface area (Å²) in [5.41, 5.74) is 2.86. The molecule has 1 atom stereocenters. The third kappa shape index (κ3) is 2.87. The van der Waals surface area contributed by atoms with Gasteiger partial charge < -0.3 is 10.2 Å². The Morgan fingerprint density at radius 3 is 3.12 bits per heavy atom. The van der Waals surface area contributed by atoms with Gasteiger partial charge in [-0.1, -0.05) is 23.5 Å². The molecule has 2 aromatic heterocycles. The lowest BCUT2D eigenvalue weighted by Crippen LogP contribution is -2.34. The van der Waals surface area contributed by atoms with E-state index in [9.17, 15) is 4.79 Å². The van der Waals surface area contributed by atoms with Gasteiger partial charge in [0.05, 0.1) is 27.8 Å². The summed E-state index contributed by atoms with van der Waals surface area (Å²) in [6.45, 7) is 3.42. The third-order valence-electron chi connectivity index (χ3n) is 4.36. The van der Waals surface area contributed by atoms with Crippen LogP contribution in [0.2, 0.25) is 0 Å². The molecule has 0 spiro atoms. The molecule has 0 bridgehead atoms. The number of carbonyl (C=O) groups is 1. The van der Waals surface area contributed by atoms with E-state index in [1.165, 1.54) is 11.6 Å². The smallest absolute Gasteiger partial charge is 0.221 e. The first-order valence-corrected chi connectivity index (χ1v) is 8.94. The third-order valence-corrected chi connectivity index (χ3v) is 5.46. The van der Waals surface area contributed by atoms with Crippen LogP contribution in [0.4, 0.5) is 10.8 Å². The number of aromatic nitrogens is 3. The van der Waals surface area contributed by atoms with Gasteiger partial charge in [-0.05, 0) is 25.0 Å². The summed E-state index contributed by atoms with van der Waals surface area (Å²) in [6, 6.07) is 8.24. The molecule has 1 aliphatic rings. The molecule has 1 saturated heterocycles. The number of piperidine rings is 1. The van der Waals surface area contributed by atoms with Crippen molar-refractivity contribution in [3.8, 4) is 0 Å². The molecule has 0 radical (unpaired) electrons. The van der Waals surface area contributed by atoms with Crippen molar-refractivity contribution in [1.29, 1.82) is 0 Å². The van der Waals surface area contributed by atoms with Crippen LogP contribution >= 0.6 is 11.3 Å². The van der Waals surface area contributed by atoms with E-state index in [2.05, 4.69) is 32.5 Å². The van der Waals surface area contributed by atoms with Gasteiger partial charge in [-0.25, -0.2) is 4.98 Å². The second kappa shape index (κ2) is 6.24. The Balaban J connectivity index is 1.57. The molecule has 3 heterocycles. The lowest BCUT2D eigenvalue weighted by Gasteiger charge is -2.32. The summed E-state index contributed by atoms with van der Waals surface area (Å²) in [5.74, 6) is 0.242. The van der Waals surface area contributed by atoms with Gasteiger partial charge in [0, 0.05) is 25.9 Å².